The molecule has 1 aliphatic rings. The van der Waals surface area contributed by atoms with Crippen molar-refractivity contribution in [3.63, 3.8) is 0 Å². The molecule has 2 N–H and O–H groups in total. The molecule has 128 valence electrons. The summed E-state index contributed by atoms with van der Waals surface area (Å²) >= 11 is 0. The maximum absolute atomic E-state index is 11.4. The fourth-order valence-electron chi connectivity index (χ4n) is 3.74. The summed E-state index contributed by atoms with van der Waals surface area (Å²) in [6.07, 6.45) is 5.32. The van der Waals surface area contributed by atoms with Gasteiger partial charge in [-0.25, -0.2) is 0 Å². The quantitative estimate of drug-likeness (QED) is 0.791. The molecular weight excluding hydrogens is 286 g/mol. The minimum absolute atomic E-state index is 0.266. The summed E-state index contributed by atoms with van der Waals surface area (Å²) in [5.41, 5.74) is 1.70. The van der Waals surface area contributed by atoms with Crippen LogP contribution in [0.5, 0.6) is 0 Å². The minimum atomic E-state index is -0.670. The summed E-state index contributed by atoms with van der Waals surface area (Å²) in [4.78, 5) is 11.4. The molecule has 3 heteroatoms. The Morgan fingerprint density at radius 2 is 1.87 bits per heavy atom. The van der Waals surface area contributed by atoms with E-state index in [1.54, 1.807) is 0 Å². The van der Waals surface area contributed by atoms with Crippen molar-refractivity contribution in [2.75, 3.05) is 6.54 Å². The van der Waals surface area contributed by atoms with E-state index in [9.17, 15) is 9.90 Å². The lowest BCUT2D eigenvalue weighted by atomic mass is 9.69. The zero-order valence-corrected chi connectivity index (χ0v) is 14.7. The molecule has 0 radical (unpaired) electrons. The second-order valence-electron chi connectivity index (χ2n) is 7.77. The van der Waals surface area contributed by atoms with E-state index in [1.165, 1.54) is 5.56 Å². The molecular formula is C20H31NO2. The van der Waals surface area contributed by atoms with E-state index in [0.29, 0.717) is 18.5 Å². The lowest BCUT2D eigenvalue weighted by Gasteiger charge is -2.38. The summed E-state index contributed by atoms with van der Waals surface area (Å²) in [5.74, 6) is -0.515. The van der Waals surface area contributed by atoms with Crippen molar-refractivity contribution in [3.8, 4) is 0 Å². The Bertz CT molecular complexity index is 490. The van der Waals surface area contributed by atoms with Gasteiger partial charge in [0.15, 0.2) is 0 Å². The van der Waals surface area contributed by atoms with Crippen LogP contribution in [0.1, 0.15) is 58.4 Å². The van der Waals surface area contributed by atoms with Crippen molar-refractivity contribution in [1.82, 2.24) is 5.32 Å². The number of nitrogens with one attached hydrogen (secondary N) is 1. The fraction of sp³-hybridized carbons (Fsp3) is 0.650. The van der Waals surface area contributed by atoms with Gasteiger partial charge in [-0.1, -0.05) is 51.1 Å². The van der Waals surface area contributed by atoms with Gasteiger partial charge >= 0.3 is 5.97 Å². The molecule has 1 atom stereocenters. The second-order valence-corrected chi connectivity index (χ2v) is 7.77. The Morgan fingerprint density at radius 1 is 1.26 bits per heavy atom. The lowest BCUT2D eigenvalue weighted by Crippen LogP contribution is -2.41. The molecule has 0 heterocycles. The molecule has 1 fully saturated rings. The van der Waals surface area contributed by atoms with Gasteiger partial charge in [0, 0.05) is 12.6 Å². The summed E-state index contributed by atoms with van der Waals surface area (Å²) in [6.45, 7) is 7.13. The molecule has 2 rings (SSSR count). The number of hydrogen-bond donors (Lipinski definition) is 2. The highest BCUT2D eigenvalue weighted by Crippen LogP contribution is 2.38. The van der Waals surface area contributed by atoms with E-state index in [2.05, 4.69) is 56.4 Å². The smallest absolute Gasteiger partial charge is 0.307 e. The first-order chi connectivity index (χ1) is 10.9. The third kappa shape index (κ3) is 5.07. The lowest BCUT2D eigenvalue weighted by molar-refractivity contribution is -0.142. The van der Waals surface area contributed by atoms with Crippen LogP contribution in [0.4, 0.5) is 0 Å². The maximum atomic E-state index is 11.4. The fourth-order valence-corrected chi connectivity index (χ4v) is 3.74. The first-order valence-electron chi connectivity index (χ1n) is 8.92. The van der Waals surface area contributed by atoms with Crippen molar-refractivity contribution in [1.29, 1.82) is 0 Å². The topological polar surface area (TPSA) is 49.3 Å². The number of rotatable bonds is 7. The first-order valence-corrected chi connectivity index (χ1v) is 8.92. The maximum Gasteiger partial charge on any atom is 0.307 e. The highest BCUT2D eigenvalue weighted by atomic mass is 16.4. The van der Waals surface area contributed by atoms with Gasteiger partial charge in [0.1, 0.15) is 0 Å². The molecule has 3 nitrogen and oxygen atoms in total. The molecule has 0 aromatic heterocycles. The molecule has 0 aliphatic heterocycles. The van der Waals surface area contributed by atoms with Gasteiger partial charge in [-0.15, -0.1) is 0 Å². The monoisotopic (exact) mass is 317 g/mol. The molecule has 23 heavy (non-hydrogen) atoms. The largest absolute Gasteiger partial charge is 0.481 e. The number of hydrogen-bond acceptors (Lipinski definition) is 2. The Labute approximate surface area is 140 Å². The van der Waals surface area contributed by atoms with Crippen LogP contribution in [-0.2, 0) is 10.2 Å². The van der Waals surface area contributed by atoms with Crippen molar-refractivity contribution in [2.24, 2.45) is 11.8 Å². The van der Waals surface area contributed by atoms with Crippen molar-refractivity contribution < 1.29 is 9.90 Å². The van der Waals surface area contributed by atoms with Crippen LogP contribution in [0.15, 0.2) is 30.3 Å². The Balaban J connectivity index is 1.84. The predicted molar refractivity (Wildman–Crippen MR) is 94.6 cm³/mol. The van der Waals surface area contributed by atoms with Gasteiger partial charge < -0.3 is 10.4 Å². The van der Waals surface area contributed by atoms with Crippen LogP contribution in [0.3, 0.4) is 0 Å². The summed E-state index contributed by atoms with van der Waals surface area (Å²) in [7, 11) is 0. The van der Waals surface area contributed by atoms with E-state index >= 15 is 0 Å². The number of benzene rings is 1. The molecule has 0 spiro atoms. The SMILES string of the molecule is CC(C)CC(CNC1CCC(C)(c2ccccc2)CC1)C(=O)O. The van der Waals surface area contributed by atoms with E-state index in [0.717, 1.165) is 32.1 Å². The normalized spacial score (nSPS) is 26.2. The molecule has 1 aromatic carbocycles. The van der Waals surface area contributed by atoms with Crippen LogP contribution < -0.4 is 5.32 Å². The van der Waals surface area contributed by atoms with Crippen molar-refractivity contribution in [2.45, 2.75) is 64.3 Å². The average molecular weight is 317 g/mol. The standard InChI is InChI=1S/C20H31NO2/c1-15(2)13-16(19(22)23)14-21-18-9-11-20(3,12-10-18)17-7-5-4-6-8-17/h4-8,15-16,18,21H,9-14H2,1-3H3,(H,22,23). The van der Waals surface area contributed by atoms with E-state index in [1.807, 2.05) is 0 Å². The van der Waals surface area contributed by atoms with Crippen LogP contribution in [0.25, 0.3) is 0 Å². The van der Waals surface area contributed by atoms with E-state index in [4.69, 9.17) is 0 Å². The van der Waals surface area contributed by atoms with Gasteiger partial charge in [0.05, 0.1) is 5.92 Å². The minimum Gasteiger partial charge on any atom is -0.481 e. The second kappa shape index (κ2) is 7.96. The van der Waals surface area contributed by atoms with Gasteiger partial charge in [-0.05, 0) is 49.0 Å². The van der Waals surface area contributed by atoms with Gasteiger partial charge in [-0.3, -0.25) is 4.79 Å². The molecule has 1 aliphatic carbocycles. The molecule has 0 saturated heterocycles. The number of aliphatic carboxylic acids is 1. The Hall–Kier alpha value is -1.35. The number of carbonyl (C=O) groups is 1. The zero-order chi connectivity index (χ0) is 16.9. The van der Waals surface area contributed by atoms with Crippen LogP contribution in [0, 0.1) is 11.8 Å². The predicted octanol–water partition coefficient (Wildman–Crippen LogP) is 4.22. The average Bonchev–Trinajstić information content (AvgIpc) is 2.53. The summed E-state index contributed by atoms with van der Waals surface area (Å²) in [5, 5.41) is 12.9. The zero-order valence-electron chi connectivity index (χ0n) is 14.7. The van der Waals surface area contributed by atoms with E-state index in [-0.39, 0.29) is 11.3 Å². The van der Waals surface area contributed by atoms with Crippen LogP contribution >= 0.6 is 0 Å². The molecule has 1 saturated carbocycles. The molecule has 1 aromatic rings. The highest BCUT2D eigenvalue weighted by molar-refractivity contribution is 5.70. The first kappa shape index (κ1) is 18.0. The summed E-state index contributed by atoms with van der Waals surface area (Å²) in [6, 6.07) is 11.2. The van der Waals surface area contributed by atoms with Gasteiger partial charge in [-0.2, -0.15) is 0 Å². The number of carboxylic acids is 1. The van der Waals surface area contributed by atoms with Crippen LogP contribution in [-0.4, -0.2) is 23.7 Å². The highest BCUT2D eigenvalue weighted by Gasteiger charge is 2.32. The number of carboxylic acid groups (broad SMARTS) is 1. The third-order valence-corrected chi connectivity index (χ3v) is 5.32. The van der Waals surface area contributed by atoms with Gasteiger partial charge in [0.2, 0.25) is 0 Å². The van der Waals surface area contributed by atoms with Gasteiger partial charge in [0.25, 0.3) is 0 Å². The molecule has 0 bridgehead atoms. The Morgan fingerprint density at radius 3 is 2.39 bits per heavy atom. The van der Waals surface area contributed by atoms with Crippen molar-refractivity contribution >= 4 is 5.97 Å². The Kier molecular flexibility index (Phi) is 6.23. The molecule has 0 amide bonds. The van der Waals surface area contributed by atoms with Crippen molar-refractivity contribution in [3.05, 3.63) is 35.9 Å². The molecule has 1 unspecified atom stereocenters. The van der Waals surface area contributed by atoms with Crippen LogP contribution in [0.2, 0.25) is 0 Å². The van der Waals surface area contributed by atoms with E-state index < -0.39 is 5.97 Å². The summed E-state index contributed by atoms with van der Waals surface area (Å²) < 4.78 is 0. The third-order valence-electron chi connectivity index (χ3n) is 5.32.